The van der Waals surface area contributed by atoms with E-state index < -0.39 is 12.2 Å². The number of carbonyl (C=O) groups is 1. The molecule has 0 spiro atoms. The average molecular weight is 292 g/mol. The zero-order valence-electron chi connectivity index (χ0n) is 10.7. The van der Waals surface area contributed by atoms with E-state index in [4.69, 9.17) is 26.8 Å². The molecule has 20 heavy (non-hydrogen) atoms. The predicted octanol–water partition coefficient (Wildman–Crippen LogP) is 2.86. The van der Waals surface area contributed by atoms with Gasteiger partial charge < -0.3 is 9.47 Å². The monoisotopic (exact) mass is 291 g/mol. The summed E-state index contributed by atoms with van der Waals surface area (Å²) in [6.07, 6.45) is -0.749. The molecule has 2 aromatic rings. The van der Waals surface area contributed by atoms with E-state index in [1.165, 1.54) is 0 Å². The van der Waals surface area contributed by atoms with Crippen molar-refractivity contribution in [3.05, 3.63) is 65.2 Å². The molecule has 0 aliphatic heterocycles. The van der Waals surface area contributed by atoms with Crippen LogP contribution in [0.1, 0.15) is 10.4 Å². The number of hydrogen-bond donors (Lipinski definition) is 1. The highest BCUT2D eigenvalue weighted by atomic mass is 35.5. The largest absolute Gasteiger partial charge is 0.472 e. The van der Waals surface area contributed by atoms with Crippen molar-refractivity contribution in [2.45, 2.75) is 6.23 Å². The van der Waals surface area contributed by atoms with Gasteiger partial charge in [0.15, 0.2) is 6.23 Å². The molecule has 4 nitrogen and oxygen atoms in total. The lowest BCUT2D eigenvalue weighted by atomic mass is 10.2. The van der Waals surface area contributed by atoms with Crippen LogP contribution >= 0.6 is 11.6 Å². The van der Waals surface area contributed by atoms with Gasteiger partial charge in [0.25, 0.3) is 0 Å². The van der Waals surface area contributed by atoms with Crippen molar-refractivity contribution in [3.63, 3.8) is 0 Å². The zero-order chi connectivity index (χ0) is 14.4. The summed E-state index contributed by atoms with van der Waals surface area (Å²) < 4.78 is 10.5. The number of carbonyl (C=O) groups excluding carboxylic acids is 1. The second-order valence-corrected chi connectivity index (χ2v) is 4.51. The molecular weight excluding hydrogens is 278 g/mol. The Morgan fingerprint density at radius 1 is 1.15 bits per heavy atom. The fourth-order valence-electron chi connectivity index (χ4n) is 1.56. The summed E-state index contributed by atoms with van der Waals surface area (Å²) in [5.41, 5.74) is 6.21. The van der Waals surface area contributed by atoms with Crippen LogP contribution < -0.4 is 10.5 Å². The summed E-state index contributed by atoms with van der Waals surface area (Å²) in [6, 6.07) is 15.5. The Kier molecular flexibility index (Phi) is 4.98. The molecule has 0 fully saturated rings. The first kappa shape index (κ1) is 14.4. The van der Waals surface area contributed by atoms with Gasteiger partial charge in [0, 0.05) is 5.02 Å². The Morgan fingerprint density at radius 2 is 1.90 bits per heavy atom. The molecule has 2 aromatic carbocycles. The highest BCUT2D eigenvalue weighted by Crippen LogP contribution is 2.17. The fourth-order valence-corrected chi connectivity index (χ4v) is 1.74. The van der Waals surface area contributed by atoms with E-state index in [0.29, 0.717) is 16.3 Å². The number of halogens is 1. The molecule has 0 aliphatic rings. The highest BCUT2D eigenvalue weighted by Gasteiger charge is 2.10. The molecule has 5 heteroatoms. The van der Waals surface area contributed by atoms with Crippen LogP contribution in [0.2, 0.25) is 5.02 Å². The minimum atomic E-state index is -0.749. The molecule has 2 rings (SSSR count). The second-order valence-electron chi connectivity index (χ2n) is 4.08. The van der Waals surface area contributed by atoms with Crippen LogP contribution in [0.4, 0.5) is 0 Å². The van der Waals surface area contributed by atoms with Crippen molar-refractivity contribution < 1.29 is 14.3 Å². The smallest absolute Gasteiger partial charge is 0.338 e. The van der Waals surface area contributed by atoms with Crippen LogP contribution in [0.15, 0.2) is 54.6 Å². The quantitative estimate of drug-likeness (QED) is 0.680. The third-order valence-corrected chi connectivity index (χ3v) is 2.71. The number of rotatable bonds is 5. The van der Waals surface area contributed by atoms with E-state index >= 15 is 0 Å². The Balaban J connectivity index is 1.83. The molecule has 2 N–H and O–H groups in total. The summed E-state index contributed by atoms with van der Waals surface area (Å²) in [5, 5.41) is 0.552. The second kappa shape index (κ2) is 6.93. The van der Waals surface area contributed by atoms with E-state index in [1.807, 2.05) is 6.07 Å². The van der Waals surface area contributed by atoms with E-state index in [1.54, 1.807) is 48.5 Å². The maximum atomic E-state index is 11.7. The molecule has 0 saturated carbocycles. The normalized spacial score (nSPS) is 11.7. The lowest BCUT2D eigenvalue weighted by Gasteiger charge is -2.14. The van der Waals surface area contributed by atoms with E-state index in [9.17, 15) is 4.79 Å². The van der Waals surface area contributed by atoms with Crippen molar-refractivity contribution >= 4 is 17.6 Å². The standard InChI is InChI=1S/C15H14ClNO3/c16-12-7-4-8-13(9-12)20-14(17)10-19-15(18)11-5-2-1-3-6-11/h1-9,14H,10,17H2. The minimum Gasteiger partial charge on any atom is -0.472 e. The lowest BCUT2D eigenvalue weighted by Crippen LogP contribution is -2.33. The van der Waals surface area contributed by atoms with Crippen molar-refractivity contribution in [2.24, 2.45) is 5.73 Å². The minimum absolute atomic E-state index is 0.0414. The first-order chi connectivity index (χ1) is 9.65. The lowest BCUT2D eigenvalue weighted by molar-refractivity contribution is 0.0322. The first-order valence-corrected chi connectivity index (χ1v) is 6.43. The van der Waals surface area contributed by atoms with Gasteiger partial charge in [-0.05, 0) is 30.3 Å². The van der Waals surface area contributed by atoms with Crippen LogP contribution in [0, 0.1) is 0 Å². The van der Waals surface area contributed by atoms with Gasteiger partial charge in [-0.25, -0.2) is 4.79 Å². The van der Waals surface area contributed by atoms with Crippen molar-refractivity contribution in [1.82, 2.24) is 0 Å². The van der Waals surface area contributed by atoms with Crippen LogP contribution in [0.3, 0.4) is 0 Å². The summed E-state index contributed by atoms with van der Waals surface area (Å²) in [4.78, 5) is 11.7. The molecule has 0 radical (unpaired) electrons. The van der Waals surface area contributed by atoms with Crippen molar-refractivity contribution in [2.75, 3.05) is 6.61 Å². The molecule has 0 saturated heterocycles. The molecule has 1 unspecified atom stereocenters. The van der Waals surface area contributed by atoms with E-state index in [-0.39, 0.29) is 6.61 Å². The summed E-state index contributed by atoms with van der Waals surface area (Å²) >= 11 is 5.83. The number of ether oxygens (including phenoxy) is 2. The fraction of sp³-hybridized carbons (Fsp3) is 0.133. The highest BCUT2D eigenvalue weighted by molar-refractivity contribution is 6.30. The number of nitrogens with two attached hydrogens (primary N) is 1. The van der Waals surface area contributed by atoms with Gasteiger partial charge in [-0.15, -0.1) is 0 Å². The first-order valence-electron chi connectivity index (χ1n) is 6.05. The summed E-state index contributed by atoms with van der Waals surface area (Å²) in [7, 11) is 0. The van der Waals surface area contributed by atoms with Gasteiger partial charge in [0.2, 0.25) is 0 Å². The number of esters is 1. The van der Waals surface area contributed by atoms with E-state index in [0.717, 1.165) is 0 Å². The summed E-state index contributed by atoms with van der Waals surface area (Å²) in [6.45, 7) is -0.0414. The molecule has 0 amide bonds. The molecule has 1 atom stereocenters. The SMILES string of the molecule is NC(COC(=O)c1ccccc1)Oc1cccc(Cl)c1. The molecular formula is C15H14ClNO3. The van der Waals surface area contributed by atoms with Gasteiger partial charge >= 0.3 is 5.97 Å². The number of hydrogen-bond acceptors (Lipinski definition) is 4. The molecule has 0 heterocycles. The predicted molar refractivity (Wildman–Crippen MR) is 76.8 cm³/mol. The van der Waals surface area contributed by atoms with Crippen LogP contribution in [-0.4, -0.2) is 18.8 Å². The molecule has 0 bridgehead atoms. The molecule has 0 aromatic heterocycles. The van der Waals surface area contributed by atoms with Gasteiger partial charge in [-0.1, -0.05) is 35.9 Å². The molecule has 104 valence electrons. The zero-order valence-corrected chi connectivity index (χ0v) is 11.4. The van der Waals surface area contributed by atoms with Crippen LogP contribution in [0.5, 0.6) is 5.75 Å². The summed E-state index contributed by atoms with van der Waals surface area (Å²) in [5.74, 6) is 0.0940. The van der Waals surface area contributed by atoms with Crippen LogP contribution in [0.25, 0.3) is 0 Å². The third-order valence-electron chi connectivity index (χ3n) is 2.47. The number of benzene rings is 2. The van der Waals surface area contributed by atoms with Crippen molar-refractivity contribution in [1.29, 1.82) is 0 Å². The Bertz CT molecular complexity index is 574. The maximum absolute atomic E-state index is 11.7. The Labute approximate surface area is 122 Å². The van der Waals surface area contributed by atoms with E-state index in [2.05, 4.69) is 0 Å². The maximum Gasteiger partial charge on any atom is 0.338 e. The van der Waals surface area contributed by atoms with Gasteiger partial charge in [0.05, 0.1) is 5.56 Å². The topological polar surface area (TPSA) is 61.5 Å². The Hall–Kier alpha value is -2.04. The van der Waals surface area contributed by atoms with Crippen LogP contribution in [-0.2, 0) is 4.74 Å². The van der Waals surface area contributed by atoms with Gasteiger partial charge in [-0.2, -0.15) is 0 Å². The molecule has 0 aliphatic carbocycles. The van der Waals surface area contributed by atoms with Gasteiger partial charge in [-0.3, -0.25) is 5.73 Å². The average Bonchev–Trinajstić information content (AvgIpc) is 2.46. The third kappa shape index (κ3) is 4.26. The Morgan fingerprint density at radius 3 is 2.60 bits per heavy atom. The van der Waals surface area contributed by atoms with Gasteiger partial charge in [0.1, 0.15) is 12.4 Å². The van der Waals surface area contributed by atoms with Crippen molar-refractivity contribution in [3.8, 4) is 5.75 Å².